The maximum Gasteiger partial charge on any atom is 0.0870 e. The number of hydrogen-bond acceptors (Lipinski definition) is 2. The van der Waals surface area contributed by atoms with E-state index >= 15 is 0 Å². The van der Waals surface area contributed by atoms with Gasteiger partial charge in [0.2, 0.25) is 0 Å². The Labute approximate surface area is 191 Å². The van der Waals surface area contributed by atoms with E-state index in [1.54, 1.807) is 0 Å². The molecule has 0 aliphatic carbocycles. The van der Waals surface area contributed by atoms with Crippen molar-refractivity contribution in [2.75, 3.05) is 0 Å². The molecule has 4 heteroatoms. The molecule has 0 spiro atoms. The molecule has 0 atom stereocenters. The first-order valence-electron chi connectivity index (χ1n) is 11.4. The van der Waals surface area contributed by atoms with E-state index in [-0.39, 0.29) is 5.41 Å². The molecule has 0 aliphatic rings. The van der Waals surface area contributed by atoms with Crippen molar-refractivity contribution < 1.29 is 0 Å². The average Bonchev–Trinajstić information content (AvgIpc) is 3.23. The van der Waals surface area contributed by atoms with Crippen LogP contribution < -0.4 is 0 Å². The highest BCUT2D eigenvalue weighted by Crippen LogP contribution is 2.34. The molecule has 0 radical (unpaired) electrons. The monoisotopic (exact) mass is 426 g/mol. The van der Waals surface area contributed by atoms with Gasteiger partial charge < -0.3 is 9.97 Å². The van der Waals surface area contributed by atoms with E-state index in [2.05, 4.69) is 102 Å². The average molecular weight is 427 g/mol. The van der Waals surface area contributed by atoms with Crippen molar-refractivity contribution >= 4 is 0 Å². The van der Waals surface area contributed by atoms with E-state index in [0.717, 1.165) is 40.6 Å². The third-order valence-electron chi connectivity index (χ3n) is 7.05. The molecule has 4 rings (SSSR count). The zero-order chi connectivity index (χ0) is 23.2. The van der Waals surface area contributed by atoms with E-state index in [1.165, 1.54) is 33.6 Å². The zero-order valence-corrected chi connectivity index (χ0v) is 20.6. The molecule has 0 aromatic carbocycles. The lowest BCUT2D eigenvalue weighted by Gasteiger charge is -2.24. The molecule has 0 aliphatic heterocycles. The maximum absolute atomic E-state index is 5.10. The van der Waals surface area contributed by atoms with Crippen LogP contribution in [0, 0.1) is 34.6 Å². The van der Waals surface area contributed by atoms with Crippen LogP contribution in [0.2, 0.25) is 0 Å². The van der Waals surface area contributed by atoms with Crippen LogP contribution in [0.5, 0.6) is 0 Å². The summed E-state index contributed by atoms with van der Waals surface area (Å²) >= 11 is 0. The van der Waals surface area contributed by atoms with Gasteiger partial charge >= 0.3 is 0 Å². The Bertz CT molecular complexity index is 1290. The van der Waals surface area contributed by atoms with Crippen molar-refractivity contribution in [3.63, 3.8) is 0 Å². The first-order chi connectivity index (χ1) is 15.1. The van der Waals surface area contributed by atoms with E-state index in [9.17, 15) is 0 Å². The lowest BCUT2D eigenvalue weighted by Crippen LogP contribution is -2.22. The van der Waals surface area contributed by atoms with Gasteiger partial charge in [-0.05, 0) is 101 Å². The van der Waals surface area contributed by atoms with Crippen molar-refractivity contribution in [2.45, 2.75) is 67.2 Å². The highest BCUT2D eigenvalue weighted by molar-refractivity contribution is 5.64. The third-order valence-corrected chi connectivity index (χ3v) is 7.05. The maximum atomic E-state index is 5.10. The molecule has 0 saturated heterocycles. The van der Waals surface area contributed by atoms with Gasteiger partial charge in [0, 0.05) is 16.8 Å². The lowest BCUT2D eigenvalue weighted by molar-refractivity contribution is 0.596. The first kappa shape index (κ1) is 22.1. The first-order valence-corrected chi connectivity index (χ1v) is 11.4. The van der Waals surface area contributed by atoms with E-state index in [1.807, 2.05) is 0 Å². The summed E-state index contributed by atoms with van der Waals surface area (Å²) < 4.78 is 0. The van der Waals surface area contributed by atoms with Crippen molar-refractivity contribution in [3.05, 3.63) is 81.4 Å². The van der Waals surface area contributed by atoms with Crippen molar-refractivity contribution in [1.29, 1.82) is 0 Å². The highest BCUT2D eigenvalue weighted by atomic mass is 14.8. The summed E-state index contributed by atoms with van der Waals surface area (Å²) in [6.45, 7) is 17.4. The van der Waals surface area contributed by atoms with Crippen LogP contribution in [0.1, 0.15) is 65.8 Å². The summed E-state index contributed by atoms with van der Waals surface area (Å²) in [6.07, 6.45) is 1.02. The highest BCUT2D eigenvalue weighted by Gasteiger charge is 2.28. The molecular weight excluding hydrogens is 392 g/mol. The quantitative estimate of drug-likeness (QED) is 0.365. The van der Waals surface area contributed by atoms with Crippen LogP contribution in [0.3, 0.4) is 0 Å². The van der Waals surface area contributed by atoms with E-state index < -0.39 is 0 Å². The number of nitrogens with one attached hydrogen (secondary N) is 2. The normalized spacial score (nSPS) is 11.9. The van der Waals surface area contributed by atoms with Gasteiger partial charge in [-0.1, -0.05) is 19.1 Å². The van der Waals surface area contributed by atoms with Gasteiger partial charge in [-0.15, -0.1) is 0 Å². The Balaban J connectivity index is 1.76. The molecule has 4 aromatic rings. The van der Waals surface area contributed by atoms with Gasteiger partial charge in [0.1, 0.15) is 0 Å². The number of hydrogen-bond donors (Lipinski definition) is 2. The summed E-state index contributed by atoms with van der Waals surface area (Å²) in [5.41, 5.74) is 13.5. The minimum atomic E-state index is -0.334. The van der Waals surface area contributed by atoms with Gasteiger partial charge in [-0.25, -0.2) is 0 Å². The largest absolute Gasteiger partial charge is 0.357 e. The fraction of sp³-hybridized carbons (Fsp3) is 0.357. The van der Waals surface area contributed by atoms with Crippen molar-refractivity contribution in [1.82, 2.24) is 19.9 Å². The fourth-order valence-electron chi connectivity index (χ4n) is 4.65. The van der Waals surface area contributed by atoms with Crippen molar-refractivity contribution in [2.24, 2.45) is 0 Å². The van der Waals surface area contributed by atoms with Crippen LogP contribution in [0.4, 0.5) is 0 Å². The number of aryl methyl sites for hydroxylation is 2. The Morgan fingerprint density at radius 1 is 0.688 bits per heavy atom. The molecule has 0 amide bonds. The smallest absolute Gasteiger partial charge is 0.0870 e. The topological polar surface area (TPSA) is 57.4 Å². The third kappa shape index (κ3) is 3.58. The second-order valence-corrected chi connectivity index (χ2v) is 9.40. The molecule has 2 N–H and O–H groups in total. The molecule has 0 bridgehead atoms. The summed E-state index contributed by atoms with van der Waals surface area (Å²) in [5, 5.41) is 0. The lowest BCUT2D eigenvalue weighted by atomic mass is 9.84. The molecule has 0 fully saturated rings. The minimum absolute atomic E-state index is 0.334. The Hall–Kier alpha value is -3.14. The van der Waals surface area contributed by atoms with Crippen LogP contribution in [-0.2, 0) is 11.8 Å². The number of pyridine rings is 2. The zero-order valence-electron chi connectivity index (χ0n) is 20.6. The molecule has 32 heavy (non-hydrogen) atoms. The molecule has 0 saturated carbocycles. The Morgan fingerprint density at radius 3 is 1.62 bits per heavy atom. The number of nitrogens with zero attached hydrogens (tertiary/aromatic N) is 2. The van der Waals surface area contributed by atoms with Gasteiger partial charge in [-0.2, -0.15) is 0 Å². The van der Waals surface area contributed by atoms with Crippen LogP contribution >= 0.6 is 0 Å². The second kappa shape index (κ2) is 8.09. The van der Waals surface area contributed by atoms with Gasteiger partial charge in [0.05, 0.1) is 34.2 Å². The van der Waals surface area contributed by atoms with Crippen LogP contribution in [-0.4, -0.2) is 19.9 Å². The molecule has 4 heterocycles. The fourth-order valence-corrected chi connectivity index (χ4v) is 4.65. The number of H-pyrrole nitrogens is 2. The molecule has 4 aromatic heterocycles. The van der Waals surface area contributed by atoms with Crippen molar-refractivity contribution in [3.8, 4) is 22.8 Å². The second-order valence-electron chi connectivity index (χ2n) is 9.40. The summed E-state index contributed by atoms with van der Waals surface area (Å²) in [7, 11) is 0. The predicted molar refractivity (Wildman–Crippen MR) is 133 cm³/mol. The molecule has 4 nitrogen and oxygen atoms in total. The summed E-state index contributed by atoms with van der Waals surface area (Å²) in [4.78, 5) is 17.3. The SMILES string of the molecule is CCc1c(C)[nH]c(-c2cccc(C(C)(C)c3cccc(-c4[nH]c(C)c(C)c4C)n3)n2)c1C. The standard InChI is InChI=1S/C28H34N4/c1-9-21-18(4)27(30-20(21)6)23-13-11-15-25(32-23)28(7,8)24-14-10-12-22(31-24)26-17(3)16(2)19(5)29-26/h10-15,29-30H,9H2,1-8H3. The summed E-state index contributed by atoms with van der Waals surface area (Å²) in [6, 6.07) is 12.6. The number of aromatic nitrogens is 4. The Morgan fingerprint density at radius 2 is 1.19 bits per heavy atom. The van der Waals surface area contributed by atoms with E-state index in [0.29, 0.717) is 0 Å². The predicted octanol–water partition coefficient (Wildman–Crippen LogP) is 6.90. The number of aromatic amines is 2. The number of rotatable bonds is 5. The van der Waals surface area contributed by atoms with Crippen LogP contribution in [0.25, 0.3) is 22.8 Å². The molecular formula is C28H34N4. The minimum Gasteiger partial charge on any atom is -0.357 e. The molecule has 0 unspecified atom stereocenters. The van der Waals surface area contributed by atoms with E-state index in [4.69, 9.17) is 9.97 Å². The van der Waals surface area contributed by atoms with Crippen LogP contribution in [0.15, 0.2) is 36.4 Å². The van der Waals surface area contributed by atoms with Gasteiger partial charge in [0.15, 0.2) is 0 Å². The Kier molecular flexibility index (Phi) is 5.58. The van der Waals surface area contributed by atoms with Gasteiger partial charge in [-0.3, -0.25) is 9.97 Å². The molecule has 166 valence electrons. The van der Waals surface area contributed by atoms with Gasteiger partial charge in [0.25, 0.3) is 0 Å². The summed E-state index contributed by atoms with van der Waals surface area (Å²) in [5.74, 6) is 0.